The van der Waals surface area contributed by atoms with Gasteiger partial charge in [-0.1, -0.05) is 25.1 Å². The molecule has 2 atom stereocenters. The number of amides is 2. The first kappa shape index (κ1) is 17.5. The lowest BCUT2D eigenvalue weighted by atomic mass is 10.0. The van der Waals surface area contributed by atoms with Crippen molar-refractivity contribution in [1.29, 1.82) is 0 Å². The Kier molecular flexibility index (Phi) is 6.18. The molecule has 0 spiro atoms. The summed E-state index contributed by atoms with van der Waals surface area (Å²) < 4.78 is 0. The molecule has 2 amide bonds. The molecule has 0 aliphatic carbocycles. The number of nitrogens with one attached hydrogen (secondary N) is 1. The van der Waals surface area contributed by atoms with Crippen molar-refractivity contribution in [3.63, 3.8) is 0 Å². The summed E-state index contributed by atoms with van der Waals surface area (Å²) >= 11 is 0. The highest BCUT2D eigenvalue weighted by molar-refractivity contribution is 5.98. The number of para-hydroxylation sites is 1. The van der Waals surface area contributed by atoms with Crippen LogP contribution in [0.3, 0.4) is 0 Å². The molecule has 2 rings (SSSR count). The lowest BCUT2D eigenvalue weighted by Crippen LogP contribution is -2.44. The van der Waals surface area contributed by atoms with Crippen LogP contribution in [0.15, 0.2) is 24.3 Å². The van der Waals surface area contributed by atoms with Crippen molar-refractivity contribution in [3.05, 3.63) is 29.8 Å². The van der Waals surface area contributed by atoms with E-state index in [1.54, 1.807) is 18.7 Å². The standard InChI is InChI=1S/C15H21N3O2.ClH/c1-10(11(2)16)15(20)17-9-14(19)18-8-7-12-5-3-4-6-13(12)18;/h3-6,10-11H,7-9,16H2,1-2H3,(H,17,20);1H. The second-order valence-electron chi connectivity index (χ2n) is 5.29. The fourth-order valence-electron chi connectivity index (χ4n) is 2.26. The molecule has 6 heteroatoms. The summed E-state index contributed by atoms with van der Waals surface area (Å²) in [6.45, 7) is 4.24. The number of halogens is 1. The summed E-state index contributed by atoms with van der Waals surface area (Å²) in [5, 5.41) is 2.66. The van der Waals surface area contributed by atoms with E-state index in [0.717, 1.165) is 12.1 Å². The van der Waals surface area contributed by atoms with E-state index in [2.05, 4.69) is 5.32 Å². The SMILES string of the molecule is CC(N)C(C)C(=O)NCC(=O)N1CCc2ccccc21.Cl. The zero-order valence-electron chi connectivity index (χ0n) is 12.3. The summed E-state index contributed by atoms with van der Waals surface area (Å²) in [5.74, 6) is -0.560. The monoisotopic (exact) mass is 311 g/mol. The van der Waals surface area contributed by atoms with Crippen LogP contribution in [-0.2, 0) is 16.0 Å². The molecule has 3 N–H and O–H groups in total. The van der Waals surface area contributed by atoms with Gasteiger partial charge in [0.25, 0.3) is 0 Å². The van der Waals surface area contributed by atoms with Gasteiger partial charge in [-0.05, 0) is 25.0 Å². The highest BCUT2D eigenvalue weighted by Gasteiger charge is 2.25. The van der Waals surface area contributed by atoms with Gasteiger partial charge in [0.2, 0.25) is 11.8 Å². The third-order valence-electron chi connectivity index (χ3n) is 3.80. The summed E-state index contributed by atoms with van der Waals surface area (Å²) in [6.07, 6.45) is 0.867. The molecule has 1 heterocycles. The Balaban J connectivity index is 0.00000220. The number of rotatable bonds is 4. The Bertz CT molecular complexity index is 519. The minimum absolute atomic E-state index is 0. The van der Waals surface area contributed by atoms with Crippen LogP contribution >= 0.6 is 12.4 Å². The van der Waals surface area contributed by atoms with E-state index in [4.69, 9.17) is 5.73 Å². The van der Waals surface area contributed by atoms with E-state index in [1.807, 2.05) is 24.3 Å². The maximum absolute atomic E-state index is 12.2. The van der Waals surface area contributed by atoms with E-state index in [9.17, 15) is 9.59 Å². The molecule has 2 unspecified atom stereocenters. The second-order valence-corrected chi connectivity index (χ2v) is 5.29. The number of carbonyl (C=O) groups excluding carboxylic acids is 2. The number of fused-ring (bicyclic) bond motifs is 1. The Morgan fingerprint density at radius 1 is 1.33 bits per heavy atom. The van der Waals surface area contributed by atoms with E-state index in [1.165, 1.54) is 5.56 Å². The maximum atomic E-state index is 12.2. The molecule has 0 radical (unpaired) electrons. The van der Waals surface area contributed by atoms with Crippen LogP contribution in [0.4, 0.5) is 5.69 Å². The van der Waals surface area contributed by atoms with E-state index >= 15 is 0 Å². The average molecular weight is 312 g/mol. The molecule has 0 bridgehead atoms. The van der Waals surface area contributed by atoms with Crippen LogP contribution in [0.25, 0.3) is 0 Å². The van der Waals surface area contributed by atoms with E-state index in [-0.39, 0.29) is 42.7 Å². The van der Waals surface area contributed by atoms with Crippen molar-refractivity contribution in [1.82, 2.24) is 5.32 Å². The third kappa shape index (κ3) is 3.95. The number of hydrogen-bond donors (Lipinski definition) is 2. The first-order valence-electron chi connectivity index (χ1n) is 6.92. The van der Waals surface area contributed by atoms with E-state index < -0.39 is 0 Å². The van der Waals surface area contributed by atoms with Crippen molar-refractivity contribution < 1.29 is 9.59 Å². The summed E-state index contributed by atoms with van der Waals surface area (Å²) in [7, 11) is 0. The van der Waals surface area contributed by atoms with Gasteiger partial charge in [-0.15, -0.1) is 12.4 Å². The van der Waals surface area contributed by atoms with Crippen molar-refractivity contribution >= 4 is 29.9 Å². The molecule has 0 fully saturated rings. The molecule has 0 saturated carbocycles. The molecular formula is C15H22ClN3O2. The van der Waals surface area contributed by atoms with Crippen molar-refractivity contribution in [2.75, 3.05) is 18.0 Å². The van der Waals surface area contributed by atoms with Gasteiger partial charge in [-0.25, -0.2) is 0 Å². The van der Waals surface area contributed by atoms with Crippen LogP contribution < -0.4 is 16.0 Å². The minimum Gasteiger partial charge on any atom is -0.347 e. The van der Waals surface area contributed by atoms with Gasteiger partial charge in [0.1, 0.15) is 0 Å². The Morgan fingerprint density at radius 2 is 2.00 bits per heavy atom. The lowest BCUT2D eigenvalue weighted by molar-refractivity contribution is -0.127. The third-order valence-corrected chi connectivity index (χ3v) is 3.80. The number of hydrogen-bond acceptors (Lipinski definition) is 3. The predicted molar refractivity (Wildman–Crippen MR) is 85.6 cm³/mol. The van der Waals surface area contributed by atoms with Gasteiger partial charge in [-0.2, -0.15) is 0 Å². The summed E-state index contributed by atoms with van der Waals surface area (Å²) in [6, 6.07) is 7.63. The van der Waals surface area contributed by atoms with Crippen LogP contribution in [0.2, 0.25) is 0 Å². The maximum Gasteiger partial charge on any atom is 0.246 e. The molecule has 0 saturated heterocycles. The zero-order chi connectivity index (χ0) is 14.7. The Morgan fingerprint density at radius 3 is 2.67 bits per heavy atom. The van der Waals surface area contributed by atoms with Crippen LogP contribution in [0.5, 0.6) is 0 Å². The lowest BCUT2D eigenvalue weighted by Gasteiger charge is -2.19. The number of nitrogens with two attached hydrogens (primary N) is 1. The van der Waals surface area contributed by atoms with Gasteiger partial charge < -0.3 is 16.0 Å². The smallest absolute Gasteiger partial charge is 0.246 e. The first-order chi connectivity index (χ1) is 9.50. The normalized spacial score (nSPS) is 15.7. The van der Waals surface area contributed by atoms with Crippen molar-refractivity contribution in [3.8, 4) is 0 Å². The van der Waals surface area contributed by atoms with Gasteiger partial charge in [0.05, 0.1) is 6.54 Å². The van der Waals surface area contributed by atoms with Crippen molar-refractivity contribution in [2.24, 2.45) is 11.7 Å². The van der Waals surface area contributed by atoms with Crippen LogP contribution in [0.1, 0.15) is 19.4 Å². The molecule has 1 aliphatic heterocycles. The fraction of sp³-hybridized carbons (Fsp3) is 0.467. The molecule has 116 valence electrons. The highest BCUT2D eigenvalue weighted by Crippen LogP contribution is 2.27. The second kappa shape index (κ2) is 7.43. The zero-order valence-corrected chi connectivity index (χ0v) is 13.2. The van der Waals surface area contributed by atoms with Gasteiger partial charge >= 0.3 is 0 Å². The number of benzene rings is 1. The molecular weight excluding hydrogens is 290 g/mol. The molecule has 21 heavy (non-hydrogen) atoms. The molecule has 1 aromatic carbocycles. The summed E-state index contributed by atoms with van der Waals surface area (Å²) in [4.78, 5) is 25.7. The van der Waals surface area contributed by atoms with Crippen LogP contribution in [-0.4, -0.2) is 30.9 Å². The summed E-state index contributed by atoms with van der Waals surface area (Å²) in [5.41, 5.74) is 7.80. The van der Waals surface area contributed by atoms with Crippen molar-refractivity contribution in [2.45, 2.75) is 26.3 Å². The average Bonchev–Trinajstić information content (AvgIpc) is 2.87. The largest absolute Gasteiger partial charge is 0.347 e. The Labute approximate surface area is 131 Å². The van der Waals surface area contributed by atoms with Gasteiger partial charge in [0, 0.05) is 24.2 Å². The number of anilines is 1. The van der Waals surface area contributed by atoms with Gasteiger partial charge in [0.15, 0.2) is 0 Å². The highest BCUT2D eigenvalue weighted by atomic mass is 35.5. The molecule has 1 aromatic rings. The predicted octanol–water partition coefficient (Wildman–Crippen LogP) is 1.10. The quantitative estimate of drug-likeness (QED) is 0.874. The molecule has 0 aromatic heterocycles. The van der Waals surface area contributed by atoms with E-state index in [0.29, 0.717) is 6.54 Å². The topological polar surface area (TPSA) is 75.4 Å². The Hall–Kier alpha value is -1.59. The number of carbonyl (C=O) groups is 2. The number of nitrogens with zero attached hydrogens (tertiary/aromatic N) is 1. The molecule has 5 nitrogen and oxygen atoms in total. The minimum atomic E-state index is -0.298. The van der Waals surface area contributed by atoms with Crippen LogP contribution in [0, 0.1) is 5.92 Å². The first-order valence-corrected chi connectivity index (χ1v) is 6.92. The fourth-order valence-corrected chi connectivity index (χ4v) is 2.26. The van der Waals surface area contributed by atoms with Gasteiger partial charge in [-0.3, -0.25) is 9.59 Å². The molecule has 1 aliphatic rings.